The van der Waals surface area contributed by atoms with Crippen molar-refractivity contribution < 1.29 is 5.11 Å². The minimum absolute atomic E-state index is 0.143. The Morgan fingerprint density at radius 1 is 1.12 bits per heavy atom. The fraction of sp³-hybridized carbons (Fsp3) is 0.500. The molecule has 2 rings (SSSR count). The van der Waals surface area contributed by atoms with Gasteiger partial charge >= 0.3 is 0 Å². The second kappa shape index (κ2) is 6.61. The Labute approximate surface area is 104 Å². The fourth-order valence-corrected chi connectivity index (χ4v) is 2.62. The van der Waals surface area contributed by atoms with Crippen LogP contribution in [0.3, 0.4) is 0 Å². The number of hydrogen-bond acceptors (Lipinski definition) is 1. The summed E-state index contributed by atoms with van der Waals surface area (Å²) in [4.78, 5) is 0. The quantitative estimate of drug-likeness (QED) is 0.828. The van der Waals surface area contributed by atoms with E-state index in [1.807, 2.05) is 18.2 Å². The lowest BCUT2D eigenvalue weighted by molar-refractivity contribution is 0.0875. The molecule has 1 aromatic rings. The summed E-state index contributed by atoms with van der Waals surface area (Å²) in [5, 5.41) is 10.1. The minimum atomic E-state index is -0.143. The molecule has 1 N–H and O–H groups in total. The van der Waals surface area contributed by atoms with Gasteiger partial charge in [0.15, 0.2) is 0 Å². The standard InChI is InChI=1S/C16H22O/c17-16(15-11-5-2-6-12-15)13-7-10-14-8-3-1-4-9-14/h1,3-4,7-10,15-17H,2,5-6,11-13H2/b10-7+/t16-/m0/s1. The van der Waals surface area contributed by atoms with E-state index in [1.165, 1.54) is 37.7 Å². The van der Waals surface area contributed by atoms with Gasteiger partial charge in [0, 0.05) is 0 Å². The Kier molecular flexibility index (Phi) is 4.81. The molecule has 0 aliphatic heterocycles. The van der Waals surface area contributed by atoms with E-state index in [0.29, 0.717) is 5.92 Å². The highest BCUT2D eigenvalue weighted by Crippen LogP contribution is 2.27. The molecule has 1 nitrogen and oxygen atoms in total. The van der Waals surface area contributed by atoms with Crippen LogP contribution in [-0.4, -0.2) is 11.2 Å². The van der Waals surface area contributed by atoms with Crippen LogP contribution < -0.4 is 0 Å². The second-order valence-electron chi connectivity index (χ2n) is 5.01. The van der Waals surface area contributed by atoms with Gasteiger partial charge in [-0.15, -0.1) is 0 Å². The zero-order valence-electron chi connectivity index (χ0n) is 10.4. The molecule has 0 heterocycles. The first kappa shape index (κ1) is 12.4. The minimum Gasteiger partial charge on any atom is -0.393 e. The van der Waals surface area contributed by atoms with Crippen molar-refractivity contribution in [2.45, 2.75) is 44.6 Å². The van der Waals surface area contributed by atoms with Crippen molar-refractivity contribution in [3.63, 3.8) is 0 Å². The van der Waals surface area contributed by atoms with Gasteiger partial charge < -0.3 is 5.11 Å². The highest BCUT2D eigenvalue weighted by atomic mass is 16.3. The molecule has 1 aliphatic rings. The molecular weight excluding hydrogens is 208 g/mol. The topological polar surface area (TPSA) is 20.2 Å². The average molecular weight is 230 g/mol. The van der Waals surface area contributed by atoms with E-state index in [4.69, 9.17) is 0 Å². The molecule has 0 amide bonds. The lowest BCUT2D eigenvalue weighted by Gasteiger charge is -2.25. The van der Waals surface area contributed by atoms with E-state index in [9.17, 15) is 5.11 Å². The summed E-state index contributed by atoms with van der Waals surface area (Å²) in [6, 6.07) is 10.3. The van der Waals surface area contributed by atoms with Crippen LogP contribution in [0, 0.1) is 5.92 Å². The Morgan fingerprint density at radius 2 is 1.82 bits per heavy atom. The molecule has 0 saturated heterocycles. The van der Waals surface area contributed by atoms with Gasteiger partial charge in [0.25, 0.3) is 0 Å². The first-order chi connectivity index (χ1) is 8.36. The van der Waals surface area contributed by atoms with Gasteiger partial charge in [-0.3, -0.25) is 0 Å². The second-order valence-corrected chi connectivity index (χ2v) is 5.01. The smallest absolute Gasteiger partial charge is 0.0602 e. The molecular formula is C16H22O. The van der Waals surface area contributed by atoms with Crippen LogP contribution in [0.2, 0.25) is 0 Å². The third kappa shape index (κ3) is 4.01. The first-order valence-electron chi connectivity index (χ1n) is 6.76. The molecule has 0 spiro atoms. The molecule has 0 unspecified atom stereocenters. The van der Waals surface area contributed by atoms with E-state index in [2.05, 4.69) is 24.3 Å². The van der Waals surface area contributed by atoms with Gasteiger partial charge in [-0.05, 0) is 30.7 Å². The summed E-state index contributed by atoms with van der Waals surface area (Å²) in [6.45, 7) is 0. The Bertz CT molecular complexity index is 336. The predicted molar refractivity (Wildman–Crippen MR) is 72.7 cm³/mol. The van der Waals surface area contributed by atoms with Crippen molar-refractivity contribution in [2.24, 2.45) is 5.92 Å². The first-order valence-corrected chi connectivity index (χ1v) is 6.76. The lowest BCUT2D eigenvalue weighted by atomic mass is 9.84. The molecule has 92 valence electrons. The van der Waals surface area contributed by atoms with Crippen LogP contribution >= 0.6 is 0 Å². The summed E-state index contributed by atoms with van der Waals surface area (Å²) in [5.41, 5.74) is 1.21. The molecule has 1 saturated carbocycles. The average Bonchev–Trinajstić information content (AvgIpc) is 2.41. The fourth-order valence-electron chi connectivity index (χ4n) is 2.62. The summed E-state index contributed by atoms with van der Waals surface area (Å²) in [7, 11) is 0. The maximum Gasteiger partial charge on any atom is 0.0602 e. The van der Waals surface area contributed by atoms with Gasteiger partial charge in [-0.25, -0.2) is 0 Å². The maximum absolute atomic E-state index is 10.1. The van der Waals surface area contributed by atoms with Gasteiger partial charge in [0.2, 0.25) is 0 Å². The number of hydrogen-bond donors (Lipinski definition) is 1. The Balaban J connectivity index is 1.79. The molecule has 0 aromatic heterocycles. The van der Waals surface area contributed by atoms with Crippen LogP contribution in [0.4, 0.5) is 0 Å². The molecule has 0 radical (unpaired) electrons. The Hall–Kier alpha value is -1.08. The van der Waals surface area contributed by atoms with E-state index < -0.39 is 0 Å². The zero-order valence-corrected chi connectivity index (χ0v) is 10.4. The maximum atomic E-state index is 10.1. The van der Waals surface area contributed by atoms with Crippen molar-refractivity contribution in [3.8, 4) is 0 Å². The van der Waals surface area contributed by atoms with Gasteiger partial charge in [0.1, 0.15) is 0 Å². The van der Waals surface area contributed by atoms with Crippen molar-refractivity contribution in [2.75, 3.05) is 0 Å². The number of rotatable bonds is 4. The van der Waals surface area contributed by atoms with Gasteiger partial charge in [-0.1, -0.05) is 61.7 Å². The van der Waals surface area contributed by atoms with E-state index in [1.54, 1.807) is 0 Å². The Morgan fingerprint density at radius 3 is 2.53 bits per heavy atom. The summed E-state index contributed by atoms with van der Waals surface area (Å²) < 4.78 is 0. The highest BCUT2D eigenvalue weighted by Gasteiger charge is 2.20. The van der Waals surface area contributed by atoms with Crippen molar-refractivity contribution in [1.29, 1.82) is 0 Å². The third-order valence-electron chi connectivity index (χ3n) is 3.68. The van der Waals surface area contributed by atoms with Crippen LogP contribution in [0.5, 0.6) is 0 Å². The molecule has 1 atom stereocenters. The summed E-state index contributed by atoms with van der Waals surface area (Å²) in [5.74, 6) is 0.532. The number of aliphatic hydroxyl groups is 1. The van der Waals surface area contributed by atoms with Gasteiger partial charge in [0.05, 0.1) is 6.10 Å². The highest BCUT2D eigenvalue weighted by molar-refractivity contribution is 5.48. The molecule has 17 heavy (non-hydrogen) atoms. The summed E-state index contributed by atoms with van der Waals surface area (Å²) >= 11 is 0. The molecule has 1 aromatic carbocycles. The van der Waals surface area contributed by atoms with E-state index in [0.717, 1.165) is 6.42 Å². The largest absolute Gasteiger partial charge is 0.393 e. The molecule has 1 aliphatic carbocycles. The van der Waals surface area contributed by atoms with Crippen LogP contribution in [0.25, 0.3) is 6.08 Å². The summed E-state index contributed by atoms with van der Waals surface area (Å²) in [6.07, 6.45) is 11.2. The van der Waals surface area contributed by atoms with Crippen molar-refractivity contribution >= 4 is 6.08 Å². The molecule has 1 fully saturated rings. The number of benzene rings is 1. The predicted octanol–water partition coefficient (Wildman–Crippen LogP) is 4.03. The normalized spacial score (nSPS) is 19.6. The van der Waals surface area contributed by atoms with E-state index in [-0.39, 0.29) is 6.10 Å². The van der Waals surface area contributed by atoms with Crippen molar-refractivity contribution in [3.05, 3.63) is 42.0 Å². The molecule has 1 heteroatoms. The SMILES string of the molecule is O[C@@H](C/C=C/c1ccccc1)C1CCCCC1. The van der Waals surface area contributed by atoms with Crippen LogP contribution in [0.15, 0.2) is 36.4 Å². The number of aliphatic hydroxyl groups excluding tert-OH is 1. The van der Waals surface area contributed by atoms with E-state index >= 15 is 0 Å². The van der Waals surface area contributed by atoms with Crippen molar-refractivity contribution in [1.82, 2.24) is 0 Å². The molecule has 0 bridgehead atoms. The monoisotopic (exact) mass is 230 g/mol. The lowest BCUT2D eigenvalue weighted by Crippen LogP contribution is -2.22. The third-order valence-corrected chi connectivity index (χ3v) is 3.68. The van der Waals surface area contributed by atoms with Crippen LogP contribution in [0.1, 0.15) is 44.1 Å². The zero-order chi connectivity index (χ0) is 11.9. The van der Waals surface area contributed by atoms with Crippen LogP contribution in [-0.2, 0) is 0 Å². The van der Waals surface area contributed by atoms with Gasteiger partial charge in [-0.2, -0.15) is 0 Å².